The summed E-state index contributed by atoms with van der Waals surface area (Å²) < 4.78 is 5.14. The van der Waals surface area contributed by atoms with Crippen molar-refractivity contribution in [1.82, 2.24) is 15.5 Å². The van der Waals surface area contributed by atoms with Gasteiger partial charge in [-0.2, -0.15) is 4.98 Å². The van der Waals surface area contributed by atoms with Gasteiger partial charge >= 0.3 is 0 Å². The van der Waals surface area contributed by atoms with Crippen LogP contribution in [-0.4, -0.2) is 16.7 Å². The van der Waals surface area contributed by atoms with Crippen molar-refractivity contribution in [2.75, 3.05) is 6.54 Å². The molecule has 0 bridgehead atoms. The Morgan fingerprint density at radius 2 is 2.38 bits per heavy atom. The van der Waals surface area contributed by atoms with Crippen molar-refractivity contribution < 1.29 is 4.52 Å². The van der Waals surface area contributed by atoms with Gasteiger partial charge in [0, 0.05) is 5.92 Å². The lowest BCUT2D eigenvalue weighted by Gasteiger charge is -2.01. The van der Waals surface area contributed by atoms with Gasteiger partial charge < -0.3 is 9.84 Å². The SMILES string of the molecule is CC(C)c1nc([C@@H]2CCCN2)no1. The zero-order valence-electron chi connectivity index (χ0n) is 8.08. The Morgan fingerprint density at radius 3 is 2.92 bits per heavy atom. The highest BCUT2D eigenvalue weighted by molar-refractivity contribution is 4.98. The summed E-state index contributed by atoms with van der Waals surface area (Å²) in [6, 6.07) is 0.316. The molecule has 1 atom stereocenters. The minimum Gasteiger partial charge on any atom is -0.339 e. The Kier molecular flexibility index (Phi) is 2.31. The van der Waals surface area contributed by atoms with Crippen molar-refractivity contribution in [3.8, 4) is 0 Å². The minimum atomic E-state index is 0.316. The predicted molar refractivity (Wildman–Crippen MR) is 48.4 cm³/mol. The van der Waals surface area contributed by atoms with Crippen LogP contribution in [0.4, 0.5) is 0 Å². The predicted octanol–water partition coefficient (Wildman–Crippen LogP) is 1.62. The van der Waals surface area contributed by atoms with Gasteiger partial charge in [0.15, 0.2) is 5.82 Å². The average molecular weight is 181 g/mol. The second-order valence-electron chi connectivity index (χ2n) is 3.79. The fourth-order valence-electron chi connectivity index (χ4n) is 1.53. The van der Waals surface area contributed by atoms with Crippen LogP contribution in [0.2, 0.25) is 0 Å². The summed E-state index contributed by atoms with van der Waals surface area (Å²) in [5.41, 5.74) is 0. The standard InChI is InChI=1S/C9H15N3O/c1-6(2)9-11-8(12-13-9)7-4-3-5-10-7/h6-7,10H,3-5H2,1-2H3/t7-/m0/s1. The lowest BCUT2D eigenvalue weighted by Crippen LogP contribution is -2.14. The third-order valence-corrected chi connectivity index (χ3v) is 2.32. The van der Waals surface area contributed by atoms with Crippen molar-refractivity contribution in [3.63, 3.8) is 0 Å². The van der Waals surface area contributed by atoms with Gasteiger partial charge in [0.1, 0.15) is 0 Å². The van der Waals surface area contributed by atoms with E-state index in [1.165, 1.54) is 6.42 Å². The molecule has 4 nitrogen and oxygen atoms in total. The van der Waals surface area contributed by atoms with Crippen molar-refractivity contribution in [2.24, 2.45) is 0 Å². The summed E-state index contributed by atoms with van der Waals surface area (Å²) >= 11 is 0. The van der Waals surface area contributed by atoms with Crippen LogP contribution in [0.25, 0.3) is 0 Å². The molecule has 0 spiro atoms. The molecule has 0 radical (unpaired) electrons. The van der Waals surface area contributed by atoms with Crippen LogP contribution >= 0.6 is 0 Å². The molecule has 4 heteroatoms. The van der Waals surface area contributed by atoms with Crippen LogP contribution in [-0.2, 0) is 0 Å². The Morgan fingerprint density at radius 1 is 1.54 bits per heavy atom. The molecule has 1 saturated heterocycles. The maximum atomic E-state index is 5.14. The molecule has 2 rings (SSSR count). The van der Waals surface area contributed by atoms with Crippen LogP contribution in [0.1, 0.15) is 50.4 Å². The third-order valence-electron chi connectivity index (χ3n) is 2.32. The minimum absolute atomic E-state index is 0.316. The second-order valence-corrected chi connectivity index (χ2v) is 3.79. The van der Waals surface area contributed by atoms with E-state index in [1.54, 1.807) is 0 Å². The van der Waals surface area contributed by atoms with E-state index < -0.39 is 0 Å². The lowest BCUT2D eigenvalue weighted by molar-refractivity contribution is 0.356. The zero-order chi connectivity index (χ0) is 9.26. The Bertz CT molecular complexity index is 276. The number of hydrogen-bond acceptors (Lipinski definition) is 4. The average Bonchev–Trinajstić information content (AvgIpc) is 2.75. The van der Waals surface area contributed by atoms with Gasteiger partial charge in [-0.1, -0.05) is 19.0 Å². The first kappa shape index (κ1) is 8.69. The molecule has 72 valence electrons. The molecule has 1 aliphatic heterocycles. The summed E-state index contributed by atoms with van der Waals surface area (Å²) in [5.74, 6) is 1.88. The first-order valence-corrected chi connectivity index (χ1v) is 4.84. The van der Waals surface area contributed by atoms with Crippen LogP contribution in [0.15, 0.2) is 4.52 Å². The fourth-order valence-corrected chi connectivity index (χ4v) is 1.53. The van der Waals surface area contributed by atoms with E-state index in [4.69, 9.17) is 4.52 Å². The van der Waals surface area contributed by atoms with E-state index in [0.29, 0.717) is 12.0 Å². The van der Waals surface area contributed by atoms with Gasteiger partial charge in [0.2, 0.25) is 5.89 Å². The summed E-state index contributed by atoms with van der Waals surface area (Å²) in [5, 5.41) is 7.31. The summed E-state index contributed by atoms with van der Waals surface area (Å²) in [6.07, 6.45) is 2.33. The van der Waals surface area contributed by atoms with Gasteiger partial charge in [-0.15, -0.1) is 0 Å². The van der Waals surface area contributed by atoms with E-state index in [1.807, 2.05) is 0 Å². The Hall–Kier alpha value is -0.900. The van der Waals surface area contributed by atoms with Crippen LogP contribution in [0, 0.1) is 0 Å². The molecule has 0 unspecified atom stereocenters. The van der Waals surface area contributed by atoms with Crippen molar-refractivity contribution in [2.45, 2.75) is 38.6 Å². The molecule has 13 heavy (non-hydrogen) atoms. The first-order valence-electron chi connectivity index (χ1n) is 4.84. The van der Waals surface area contributed by atoms with Gasteiger partial charge in [0.05, 0.1) is 6.04 Å². The summed E-state index contributed by atoms with van der Waals surface area (Å²) in [6.45, 7) is 5.18. The fraction of sp³-hybridized carbons (Fsp3) is 0.778. The maximum Gasteiger partial charge on any atom is 0.229 e. The molecule has 1 N–H and O–H groups in total. The van der Waals surface area contributed by atoms with Gasteiger partial charge in [-0.05, 0) is 19.4 Å². The van der Waals surface area contributed by atoms with E-state index >= 15 is 0 Å². The molecule has 0 saturated carbocycles. The number of nitrogens with zero attached hydrogens (tertiary/aromatic N) is 2. The van der Waals surface area contributed by atoms with Crippen molar-refractivity contribution >= 4 is 0 Å². The van der Waals surface area contributed by atoms with E-state index in [-0.39, 0.29) is 0 Å². The Labute approximate surface area is 77.7 Å². The largest absolute Gasteiger partial charge is 0.339 e. The quantitative estimate of drug-likeness (QED) is 0.753. The van der Waals surface area contributed by atoms with Gasteiger partial charge in [-0.25, -0.2) is 0 Å². The van der Waals surface area contributed by atoms with Crippen molar-refractivity contribution in [3.05, 3.63) is 11.7 Å². The van der Waals surface area contributed by atoms with E-state index in [9.17, 15) is 0 Å². The molecular formula is C9H15N3O. The first-order chi connectivity index (χ1) is 6.27. The highest BCUT2D eigenvalue weighted by Gasteiger charge is 2.22. The lowest BCUT2D eigenvalue weighted by atomic mass is 10.2. The number of aromatic nitrogens is 2. The van der Waals surface area contributed by atoms with Crippen LogP contribution < -0.4 is 5.32 Å². The normalized spacial score (nSPS) is 22.8. The second kappa shape index (κ2) is 3.46. The van der Waals surface area contributed by atoms with Gasteiger partial charge in [-0.3, -0.25) is 0 Å². The van der Waals surface area contributed by atoms with Crippen molar-refractivity contribution in [1.29, 1.82) is 0 Å². The topological polar surface area (TPSA) is 51.0 Å². The van der Waals surface area contributed by atoms with Crippen LogP contribution in [0.3, 0.4) is 0 Å². The molecule has 1 aromatic heterocycles. The molecule has 2 heterocycles. The molecule has 0 aromatic carbocycles. The third kappa shape index (κ3) is 1.72. The highest BCUT2D eigenvalue weighted by atomic mass is 16.5. The zero-order valence-corrected chi connectivity index (χ0v) is 8.08. The molecule has 0 aliphatic carbocycles. The molecular weight excluding hydrogens is 166 g/mol. The molecule has 1 aliphatic rings. The van der Waals surface area contributed by atoms with Gasteiger partial charge in [0.25, 0.3) is 0 Å². The molecule has 1 fully saturated rings. The monoisotopic (exact) mass is 181 g/mol. The number of rotatable bonds is 2. The van der Waals surface area contributed by atoms with E-state index in [2.05, 4.69) is 29.3 Å². The summed E-state index contributed by atoms with van der Waals surface area (Å²) in [4.78, 5) is 4.35. The Balaban J connectivity index is 2.12. The molecule has 0 amide bonds. The number of nitrogens with one attached hydrogen (secondary N) is 1. The summed E-state index contributed by atoms with van der Waals surface area (Å²) in [7, 11) is 0. The maximum absolute atomic E-state index is 5.14. The smallest absolute Gasteiger partial charge is 0.229 e. The highest BCUT2D eigenvalue weighted by Crippen LogP contribution is 2.21. The van der Waals surface area contributed by atoms with E-state index in [0.717, 1.165) is 24.7 Å². The van der Waals surface area contributed by atoms with Crippen LogP contribution in [0.5, 0.6) is 0 Å². The molecule has 1 aromatic rings. The number of hydrogen-bond donors (Lipinski definition) is 1.